The number of hydrogen-bond donors (Lipinski definition) is 1. The molecular weight excluding hydrogens is 298 g/mol. The fraction of sp³-hybridized carbons (Fsp3) is 0.588. The van der Waals surface area contributed by atoms with E-state index in [0.29, 0.717) is 18.1 Å². The first-order valence-electron chi connectivity index (χ1n) is 7.57. The van der Waals surface area contributed by atoms with E-state index in [1.54, 1.807) is 21.0 Å². The molecule has 0 spiro atoms. The molecule has 0 radical (unpaired) electrons. The number of rotatable bonds is 4. The highest BCUT2D eigenvalue weighted by Gasteiger charge is 2.20. The summed E-state index contributed by atoms with van der Waals surface area (Å²) in [5.74, 6) is -0.596. The molecule has 1 aromatic heterocycles. The largest absolute Gasteiger partial charge is 0.462 e. The van der Waals surface area contributed by atoms with Gasteiger partial charge in [-0.2, -0.15) is 0 Å². The highest BCUT2D eigenvalue weighted by atomic mass is 16.5. The van der Waals surface area contributed by atoms with Crippen molar-refractivity contribution in [3.8, 4) is 0 Å². The molecule has 0 aliphatic carbocycles. The number of aldehydes is 2. The van der Waals surface area contributed by atoms with E-state index in [9.17, 15) is 14.4 Å². The smallest absolute Gasteiger partial charge is 0.340 e. The topological polar surface area (TPSA) is 85.5 Å². The molecule has 0 fully saturated rings. The molecule has 0 aliphatic heterocycles. The van der Waals surface area contributed by atoms with Crippen molar-refractivity contribution in [2.45, 2.75) is 54.1 Å². The molecular formula is C17H29NO5. The molecule has 0 saturated carbocycles. The van der Waals surface area contributed by atoms with Gasteiger partial charge in [0.1, 0.15) is 0 Å². The van der Waals surface area contributed by atoms with Gasteiger partial charge in [-0.1, -0.05) is 13.8 Å². The molecule has 0 aromatic carbocycles. The molecule has 132 valence electrons. The van der Waals surface area contributed by atoms with E-state index in [1.807, 2.05) is 34.6 Å². The van der Waals surface area contributed by atoms with Gasteiger partial charge in [0.2, 0.25) is 0 Å². The summed E-state index contributed by atoms with van der Waals surface area (Å²) in [5.41, 5.74) is 0.910. The van der Waals surface area contributed by atoms with Crippen molar-refractivity contribution in [1.82, 2.24) is 4.98 Å². The summed E-state index contributed by atoms with van der Waals surface area (Å²) >= 11 is 0. The van der Waals surface area contributed by atoms with E-state index < -0.39 is 5.97 Å². The maximum absolute atomic E-state index is 11.5. The third kappa shape index (κ3) is 8.30. The van der Waals surface area contributed by atoms with Gasteiger partial charge in [-0.3, -0.25) is 9.59 Å². The quantitative estimate of drug-likeness (QED) is 0.675. The average molecular weight is 327 g/mol. The number of aromatic amines is 1. The fourth-order valence-corrected chi connectivity index (χ4v) is 1.31. The number of carbonyl (C=O) groups is 3. The lowest BCUT2D eigenvalue weighted by Gasteiger charge is -2.14. The van der Waals surface area contributed by atoms with Gasteiger partial charge in [-0.05, 0) is 40.2 Å². The second kappa shape index (κ2) is 11.6. The Balaban J connectivity index is 0. The number of hydrogen-bond acceptors (Lipinski definition) is 5. The zero-order chi connectivity index (χ0) is 18.6. The first-order valence-corrected chi connectivity index (χ1v) is 7.57. The SMILES string of the molecule is CC.CCOC(=O)c1c(C=O)[nH]c(C=O)c1C.COC(C)(C)C. The highest BCUT2D eigenvalue weighted by molar-refractivity contribution is 6.01. The molecule has 1 heterocycles. The van der Waals surface area contributed by atoms with Gasteiger partial charge in [0, 0.05) is 7.11 Å². The standard InChI is InChI=1S/C10H11NO4.C5H12O.C2H6/c1-3-15-10(14)9-6(2)7(4-12)11-8(9)5-13;1-5(2,3)6-4;1-2/h4-5,11H,3H2,1-2H3;1-4H3;1-2H3. The third-order valence-corrected chi connectivity index (χ3v) is 2.65. The van der Waals surface area contributed by atoms with Crippen LogP contribution in [0.25, 0.3) is 0 Å². The van der Waals surface area contributed by atoms with Gasteiger partial charge in [0.05, 0.1) is 29.2 Å². The summed E-state index contributed by atoms with van der Waals surface area (Å²) in [6.07, 6.45) is 1.05. The predicted octanol–water partition coefficient (Wildman–Crippen LogP) is 3.58. The van der Waals surface area contributed by atoms with Crippen molar-refractivity contribution in [3.05, 3.63) is 22.5 Å². The Morgan fingerprint density at radius 1 is 1.13 bits per heavy atom. The minimum atomic E-state index is -0.596. The molecule has 0 bridgehead atoms. The van der Waals surface area contributed by atoms with Crippen LogP contribution in [0, 0.1) is 6.92 Å². The van der Waals surface area contributed by atoms with Crippen molar-refractivity contribution >= 4 is 18.5 Å². The Hall–Kier alpha value is -1.95. The lowest BCUT2D eigenvalue weighted by atomic mass is 10.1. The van der Waals surface area contributed by atoms with Crippen LogP contribution in [0.4, 0.5) is 0 Å². The van der Waals surface area contributed by atoms with Crippen LogP contribution < -0.4 is 0 Å². The maximum Gasteiger partial charge on any atom is 0.340 e. The molecule has 1 rings (SSSR count). The number of aromatic nitrogens is 1. The summed E-state index contributed by atoms with van der Waals surface area (Å²) in [7, 11) is 1.71. The predicted molar refractivity (Wildman–Crippen MR) is 90.4 cm³/mol. The van der Waals surface area contributed by atoms with Crippen molar-refractivity contribution in [1.29, 1.82) is 0 Å². The fourth-order valence-electron chi connectivity index (χ4n) is 1.31. The third-order valence-electron chi connectivity index (χ3n) is 2.65. The number of carbonyl (C=O) groups excluding carboxylic acids is 3. The van der Waals surface area contributed by atoms with Gasteiger partial charge < -0.3 is 14.5 Å². The first-order chi connectivity index (χ1) is 10.7. The van der Waals surface area contributed by atoms with Crippen LogP contribution in [0.3, 0.4) is 0 Å². The van der Waals surface area contributed by atoms with E-state index in [4.69, 9.17) is 9.47 Å². The molecule has 1 aromatic rings. The Kier molecular flexibility index (Phi) is 11.8. The molecule has 0 unspecified atom stereocenters. The van der Waals surface area contributed by atoms with E-state index in [1.165, 1.54) is 0 Å². The van der Waals surface area contributed by atoms with Crippen molar-refractivity contribution in [2.24, 2.45) is 0 Å². The van der Waals surface area contributed by atoms with Crippen molar-refractivity contribution < 1.29 is 23.9 Å². The summed E-state index contributed by atoms with van der Waals surface area (Å²) in [5, 5.41) is 0. The average Bonchev–Trinajstić information content (AvgIpc) is 2.85. The van der Waals surface area contributed by atoms with E-state index in [2.05, 4.69) is 4.98 Å². The van der Waals surface area contributed by atoms with Crippen LogP contribution in [0.2, 0.25) is 0 Å². The lowest BCUT2D eigenvalue weighted by molar-refractivity contribution is 0.0397. The van der Waals surface area contributed by atoms with Gasteiger partial charge in [0.25, 0.3) is 0 Å². The molecule has 0 saturated heterocycles. The number of methoxy groups -OCH3 is 1. The summed E-state index contributed by atoms with van der Waals surface area (Å²) < 4.78 is 9.71. The normalized spacial score (nSPS) is 9.74. The van der Waals surface area contributed by atoms with Crippen LogP contribution >= 0.6 is 0 Å². The minimum absolute atomic E-state index is 0.0417. The molecule has 0 aliphatic rings. The highest BCUT2D eigenvalue weighted by Crippen LogP contribution is 2.17. The monoisotopic (exact) mass is 327 g/mol. The van der Waals surface area contributed by atoms with E-state index >= 15 is 0 Å². The van der Waals surface area contributed by atoms with Crippen LogP contribution in [0.15, 0.2) is 0 Å². The molecule has 0 amide bonds. The van der Waals surface area contributed by atoms with E-state index in [0.717, 1.165) is 0 Å². The Labute approximate surface area is 138 Å². The van der Waals surface area contributed by atoms with E-state index in [-0.39, 0.29) is 29.2 Å². The second-order valence-electron chi connectivity index (χ2n) is 5.23. The number of nitrogens with one attached hydrogen (secondary N) is 1. The van der Waals surface area contributed by atoms with Crippen molar-refractivity contribution in [3.63, 3.8) is 0 Å². The van der Waals surface area contributed by atoms with Gasteiger partial charge in [0.15, 0.2) is 12.6 Å². The first kappa shape index (κ1) is 23.3. The van der Waals surface area contributed by atoms with Crippen molar-refractivity contribution in [2.75, 3.05) is 13.7 Å². The minimum Gasteiger partial charge on any atom is -0.462 e. The summed E-state index contributed by atoms with van der Waals surface area (Å²) in [6, 6.07) is 0. The molecule has 6 heteroatoms. The number of ether oxygens (including phenoxy) is 2. The second-order valence-corrected chi connectivity index (χ2v) is 5.23. The van der Waals surface area contributed by atoms with Crippen LogP contribution in [-0.4, -0.2) is 42.8 Å². The zero-order valence-corrected chi connectivity index (χ0v) is 15.4. The number of H-pyrrole nitrogens is 1. The summed E-state index contributed by atoms with van der Waals surface area (Å²) in [4.78, 5) is 35.3. The van der Waals surface area contributed by atoms with Gasteiger partial charge in [-0.25, -0.2) is 4.79 Å². The number of esters is 1. The Morgan fingerprint density at radius 3 is 1.87 bits per heavy atom. The maximum atomic E-state index is 11.5. The zero-order valence-electron chi connectivity index (χ0n) is 15.4. The van der Waals surface area contributed by atoms with Crippen LogP contribution in [0.1, 0.15) is 78.4 Å². The summed E-state index contributed by atoms with van der Waals surface area (Å²) in [6.45, 7) is 13.5. The van der Waals surface area contributed by atoms with Gasteiger partial charge in [-0.15, -0.1) is 0 Å². The molecule has 6 nitrogen and oxygen atoms in total. The van der Waals surface area contributed by atoms with Crippen LogP contribution in [0.5, 0.6) is 0 Å². The molecule has 23 heavy (non-hydrogen) atoms. The Bertz CT molecular complexity index is 498. The lowest BCUT2D eigenvalue weighted by Crippen LogP contribution is -2.15. The van der Waals surface area contributed by atoms with Crippen LogP contribution in [-0.2, 0) is 9.47 Å². The Morgan fingerprint density at radius 2 is 1.57 bits per heavy atom. The molecule has 0 atom stereocenters. The molecule has 1 N–H and O–H groups in total. The van der Waals surface area contributed by atoms with Gasteiger partial charge >= 0.3 is 5.97 Å².